The number of rotatable bonds is 2. The first kappa shape index (κ1) is 13.0. The molecule has 3 nitrogen and oxygen atoms in total. The molecule has 0 aliphatic carbocycles. The van der Waals surface area contributed by atoms with Crippen molar-refractivity contribution in [2.75, 3.05) is 5.32 Å². The van der Waals surface area contributed by atoms with Crippen LogP contribution in [-0.2, 0) is 4.79 Å². The minimum atomic E-state index is -0.361. The maximum absolute atomic E-state index is 13.4. The van der Waals surface area contributed by atoms with Crippen LogP contribution in [0.4, 0.5) is 9.52 Å². The maximum Gasteiger partial charge on any atom is 0.226 e. The van der Waals surface area contributed by atoms with Crippen LogP contribution in [0.3, 0.4) is 0 Å². The fraction of sp³-hybridized carbons (Fsp3) is 0.385. The Morgan fingerprint density at radius 1 is 1.44 bits per heavy atom. The monoisotopic (exact) mass is 266 g/mol. The molecule has 1 heterocycles. The molecule has 0 fully saturated rings. The van der Waals surface area contributed by atoms with Gasteiger partial charge in [0.1, 0.15) is 11.3 Å². The zero-order chi connectivity index (χ0) is 13.3. The highest BCUT2D eigenvalue weighted by atomic mass is 32.1. The molecular weight excluding hydrogens is 251 g/mol. The third-order valence-electron chi connectivity index (χ3n) is 2.31. The van der Waals surface area contributed by atoms with Crippen molar-refractivity contribution < 1.29 is 9.18 Å². The number of nitrogens with zero attached hydrogens (tertiary/aromatic N) is 1. The summed E-state index contributed by atoms with van der Waals surface area (Å²) in [6.45, 7) is 5.97. The molecule has 0 aliphatic rings. The number of hydrogen-bond acceptors (Lipinski definition) is 3. The molecule has 0 radical (unpaired) electrons. The number of anilines is 1. The summed E-state index contributed by atoms with van der Waals surface area (Å²) < 4.78 is 14.2. The Morgan fingerprint density at radius 3 is 2.78 bits per heavy atom. The number of aromatic nitrogens is 1. The third-order valence-corrected chi connectivity index (χ3v) is 3.24. The van der Waals surface area contributed by atoms with E-state index >= 15 is 0 Å². The van der Waals surface area contributed by atoms with Crippen LogP contribution in [0.1, 0.15) is 27.2 Å². The van der Waals surface area contributed by atoms with Crippen molar-refractivity contribution in [3.63, 3.8) is 0 Å². The van der Waals surface area contributed by atoms with E-state index in [4.69, 9.17) is 0 Å². The molecule has 2 aromatic rings. The highest BCUT2D eigenvalue weighted by Crippen LogP contribution is 2.28. The average Bonchev–Trinajstić information content (AvgIpc) is 2.58. The Labute approximate surface area is 109 Å². The Hall–Kier alpha value is -1.49. The lowest BCUT2D eigenvalue weighted by Gasteiger charge is -2.16. The van der Waals surface area contributed by atoms with Gasteiger partial charge in [-0.15, -0.1) is 0 Å². The van der Waals surface area contributed by atoms with Gasteiger partial charge in [-0.1, -0.05) is 38.2 Å². The van der Waals surface area contributed by atoms with E-state index in [0.717, 1.165) is 4.70 Å². The number of fused-ring (bicyclic) bond motifs is 1. The van der Waals surface area contributed by atoms with Gasteiger partial charge in [0.25, 0.3) is 0 Å². The van der Waals surface area contributed by atoms with Gasteiger partial charge in [0.05, 0.1) is 4.70 Å². The van der Waals surface area contributed by atoms with Gasteiger partial charge in [-0.2, -0.15) is 0 Å². The summed E-state index contributed by atoms with van der Waals surface area (Å²) >= 11 is 1.28. The van der Waals surface area contributed by atoms with Crippen LogP contribution in [-0.4, -0.2) is 10.9 Å². The lowest BCUT2D eigenvalue weighted by Crippen LogP contribution is -2.19. The van der Waals surface area contributed by atoms with E-state index in [0.29, 0.717) is 17.1 Å². The first-order chi connectivity index (χ1) is 8.35. The number of hydrogen-bond donors (Lipinski definition) is 1. The van der Waals surface area contributed by atoms with Crippen molar-refractivity contribution in [1.29, 1.82) is 0 Å². The number of carbonyl (C=O) groups excluding carboxylic acids is 1. The van der Waals surface area contributed by atoms with E-state index in [1.165, 1.54) is 17.4 Å². The number of halogens is 1. The van der Waals surface area contributed by atoms with E-state index in [1.54, 1.807) is 12.1 Å². The van der Waals surface area contributed by atoms with Crippen molar-refractivity contribution in [2.45, 2.75) is 27.2 Å². The van der Waals surface area contributed by atoms with Gasteiger partial charge in [-0.25, -0.2) is 9.37 Å². The summed E-state index contributed by atoms with van der Waals surface area (Å²) in [6.07, 6.45) is 0.408. The predicted octanol–water partition coefficient (Wildman–Crippen LogP) is 3.81. The quantitative estimate of drug-likeness (QED) is 0.898. The van der Waals surface area contributed by atoms with E-state index in [9.17, 15) is 9.18 Å². The fourth-order valence-corrected chi connectivity index (χ4v) is 2.51. The van der Waals surface area contributed by atoms with Crippen LogP contribution < -0.4 is 5.32 Å². The number of benzene rings is 1. The number of nitrogens with one attached hydrogen (secondary N) is 1. The van der Waals surface area contributed by atoms with Gasteiger partial charge in [0, 0.05) is 6.42 Å². The molecular formula is C13H15FN2OS. The molecule has 0 unspecified atom stereocenters. The summed E-state index contributed by atoms with van der Waals surface area (Å²) in [6, 6.07) is 4.79. The molecule has 0 atom stereocenters. The summed E-state index contributed by atoms with van der Waals surface area (Å²) in [5.41, 5.74) is 0.236. The van der Waals surface area contributed by atoms with Crippen LogP contribution in [0.2, 0.25) is 0 Å². The molecule has 0 aliphatic heterocycles. The van der Waals surface area contributed by atoms with Crippen LogP contribution in [0.15, 0.2) is 18.2 Å². The van der Waals surface area contributed by atoms with Gasteiger partial charge in [0.2, 0.25) is 5.91 Å². The summed E-state index contributed by atoms with van der Waals surface area (Å²) in [4.78, 5) is 15.8. The van der Waals surface area contributed by atoms with Crippen LogP contribution in [0.25, 0.3) is 10.2 Å². The molecule has 1 amide bonds. The van der Waals surface area contributed by atoms with Crippen molar-refractivity contribution >= 4 is 32.6 Å². The fourth-order valence-electron chi connectivity index (χ4n) is 1.61. The molecule has 1 aromatic heterocycles. The zero-order valence-electron chi connectivity index (χ0n) is 10.6. The topological polar surface area (TPSA) is 42.0 Å². The molecule has 1 N–H and O–H groups in total. The molecule has 0 saturated carbocycles. The highest BCUT2D eigenvalue weighted by molar-refractivity contribution is 7.22. The second kappa shape index (κ2) is 4.65. The lowest BCUT2D eigenvalue weighted by molar-refractivity contribution is -0.117. The van der Waals surface area contributed by atoms with E-state index in [1.807, 2.05) is 20.8 Å². The maximum atomic E-state index is 13.4. The predicted molar refractivity (Wildman–Crippen MR) is 72.3 cm³/mol. The van der Waals surface area contributed by atoms with Gasteiger partial charge in [0.15, 0.2) is 5.13 Å². The van der Waals surface area contributed by atoms with E-state index in [2.05, 4.69) is 10.3 Å². The van der Waals surface area contributed by atoms with Gasteiger partial charge < -0.3 is 5.32 Å². The van der Waals surface area contributed by atoms with Gasteiger partial charge in [-0.05, 0) is 17.5 Å². The average molecular weight is 266 g/mol. The second-order valence-corrected chi connectivity index (χ2v) is 6.42. The normalized spacial score (nSPS) is 11.8. The smallest absolute Gasteiger partial charge is 0.226 e. The SMILES string of the molecule is CC(C)(C)CC(=O)Nc1nc2c(F)cccc2s1. The Morgan fingerprint density at radius 2 is 2.17 bits per heavy atom. The highest BCUT2D eigenvalue weighted by Gasteiger charge is 2.17. The standard InChI is InChI=1S/C13H15FN2OS/c1-13(2,3)7-10(17)15-12-16-11-8(14)5-4-6-9(11)18-12/h4-6H,7H2,1-3H3,(H,15,16,17). The Balaban J connectivity index is 2.18. The summed E-state index contributed by atoms with van der Waals surface area (Å²) in [5.74, 6) is -0.456. The molecule has 0 saturated heterocycles. The van der Waals surface area contributed by atoms with E-state index < -0.39 is 0 Å². The van der Waals surface area contributed by atoms with Crippen molar-refractivity contribution in [3.8, 4) is 0 Å². The van der Waals surface area contributed by atoms with Crippen LogP contribution in [0, 0.1) is 11.2 Å². The Kier molecular flexibility index (Phi) is 3.34. The van der Waals surface area contributed by atoms with Crippen LogP contribution >= 0.6 is 11.3 Å². The lowest BCUT2D eigenvalue weighted by atomic mass is 9.92. The molecule has 0 spiro atoms. The molecule has 1 aromatic carbocycles. The minimum Gasteiger partial charge on any atom is -0.302 e. The molecule has 96 valence electrons. The number of amides is 1. The first-order valence-electron chi connectivity index (χ1n) is 5.70. The first-order valence-corrected chi connectivity index (χ1v) is 6.52. The number of thiazole rings is 1. The largest absolute Gasteiger partial charge is 0.302 e. The van der Waals surface area contributed by atoms with Crippen molar-refractivity contribution in [3.05, 3.63) is 24.0 Å². The molecule has 0 bridgehead atoms. The van der Waals surface area contributed by atoms with Crippen LogP contribution in [0.5, 0.6) is 0 Å². The second-order valence-electron chi connectivity index (χ2n) is 5.39. The Bertz CT molecular complexity index is 586. The molecule has 5 heteroatoms. The van der Waals surface area contributed by atoms with Crippen molar-refractivity contribution in [1.82, 2.24) is 4.98 Å². The zero-order valence-corrected chi connectivity index (χ0v) is 11.4. The molecule has 18 heavy (non-hydrogen) atoms. The van der Waals surface area contributed by atoms with E-state index in [-0.39, 0.29) is 17.1 Å². The number of carbonyl (C=O) groups is 1. The summed E-state index contributed by atoms with van der Waals surface area (Å²) in [7, 11) is 0. The summed E-state index contributed by atoms with van der Waals surface area (Å²) in [5, 5.41) is 3.17. The number of para-hydroxylation sites is 1. The van der Waals surface area contributed by atoms with Crippen molar-refractivity contribution in [2.24, 2.45) is 5.41 Å². The van der Waals surface area contributed by atoms with Gasteiger partial charge in [-0.3, -0.25) is 4.79 Å². The van der Waals surface area contributed by atoms with Gasteiger partial charge >= 0.3 is 0 Å². The molecule has 2 rings (SSSR count). The minimum absolute atomic E-state index is 0.0774. The third kappa shape index (κ3) is 3.04.